The van der Waals surface area contributed by atoms with Crippen molar-refractivity contribution in [3.05, 3.63) is 0 Å². The van der Waals surface area contributed by atoms with E-state index in [1.807, 2.05) is 0 Å². The molecule has 0 aliphatic carbocycles. The normalized spacial score (nSPS) is 18.6. The average Bonchev–Trinajstić information content (AvgIpc) is 3.27. The zero-order valence-corrected chi connectivity index (χ0v) is 18.3. The maximum Gasteiger partial charge on any atom is 0.326 e. The topological polar surface area (TPSA) is 189 Å². The molecule has 1 rings (SSSR count). The van der Waals surface area contributed by atoms with Crippen molar-refractivity contribution in [3.8, 4) is 0 Å². The molecule has 11 nitrogen and oxygen atoms in total. The van der Waals surface area contributed by atoms with Crippen molar-refractivity contribution in [2.75, 3.05) is 19.6 Å². The second-order valence-electron chi connectivity index (χ2n) is 7.91. The number of carboxylic acids is 1. The van der Waals surface area contributed by atoms with E-state index in [1.165, 1.54) is 0 Å². The summed E-state index contributed by atoms with van der Waals surface area (Å²) < 4.78 is 0. The van der Waals surface area contributed by atoms with Crippen LogP contribution in [0.3, 0.4) is 0 Å². The zero-order chi connectivity index (χ0) is 23.2. The van der Waals surface area contributed by atoms with E-state index in [4.69, 9.17) is 11.5 Å². The van der Waals surface area contributed by atoms with Crippen molar-refractivity contribution in [1.82, 2.24) is 21.3 Å². The van der Waals surface area contributed by atoms with Gasteiger partial charge in [0.25, 0.3) is 0 Å². The Kier molecular flexibility index (Phi) is 12.7. The van der Waals surface area contributed by atoms with Gasteiger partial charge in [0.2, 0.25) is 17.7 Å². The van der Waals surface area contributed by atoms with E-state index in [9.17, 15) is 24.3 Å². The predicted molar refractivity (Wildman–Crippen MR) is 116 cm³/mol. The van der Waals surface area contributed by atoms with Crippen molar-refractivity contribution in [3.63, 3.8) is 0 Å². The third kappa shape index (κ3) is 10.1. The molecule has 1 aliphatic rings. The van der Waals surface area contributed by atoms with E-state index in [0.717, 1.165) is 13.0 Å². The maximum absolute atomic E-state index is 12.7. The largest absolute Gasteiger partial charge is 0.480 e. The van der Waals surface area contributed by atoms with Crippen LogP contribution in [0.4, 0.5) is 0 Å². The van der Waals surface area contributed by atoms with Crippen LogP contribution in [0.1, 0.15) is 58.3 Å². The first-order valence-corrected chi connectivity index (χ1v) is 11.1. The highest BCUT2D eigenvalue weighted by Gasteiger charge is 2.29. The Morgan fingerprint density at radius 3 is 2.03 bits per heavy atom. The molecular weight excluding hydrogens is 404 g/mol. The molecule has 178 valence electrons. The van der Waals surface area contributed by atoms with Gasteiger partial charge in [0.05, 0.1) is 6.04 Å². The molecule has 1 saturated heterocycles. The monoisotopic (exact) mass is 442 g/mol. The first-order valence-electron chi connectivity index (χ1n) is 11.1. The van der Waals surface area contributed by atoms with Gasteiger partial charge in [-0.05, 0) is 77.9 Å². The Labute approximate surface area is 183 Å². The molecule has 0 aromatic heterocycles. The van der Waals surface area contributed by atoms with E-state index in [-0.39, 0.29) is 18.4 Å². The molecule has 0 bridgehead atoms. The van der Waals surface area contributed by atoms with Crippen LogP contribution in [0.15, 0.2) is 0 Å². The van der Waals surface area contributed by atoms with Gasteiger partial charge in [0, 0.05) is 0 Å². The third-order valence-corrected chi connectivity index (χ3v) is 5.27. The number of carboxylic acid groups (broad SMARTS) is 1. The quantitative estimate of drug-likeness (QED) is 0.150. The molecule has 31 heavy (non-hydrogen) atoms. The van der Waals surface area contributed by atoms with Gasteiger partial charge in [-0.3, -0.25) is 14.4 Å². The Hall–Kier alpha value is -2.24. The van der Waals surface area contributed by atoms with Crippen molar-refractivity contribution in [2.24, 2.45) is 11.5 Å². The fraction of sp³-hybridized carbons (Fsp3) is 0.800. The first kappa shape index (κ1) is 26.8. The van der Waals surface area contributed by atoms with Crippen molar-refractivity contribution in [1.29, 1.82) is 0 Å². The standard InChI is InChI=1S/C20H38N6O5/c1-13(24-18(28)14-9-6-12-23-14)17(27)25-15(7-2-4-10-21)19(29)26-16(20(30)31)8-3-5-11-22/h13-16,23H,2-12,21-22H2,1H3,(H,24,28)(H,25,27)(H,26,29)(H,30,31). The van der Waals surface area contributed by atoms with E-state index in [2.05, 4.69) is 21.3 Å². The molecule has 0 radical (unpaired) electrons. The van der Waals surface area contributed by atoms with Crippen molar-refractivity contribution >= 4 is 23.7 Å². The van der Waals surface area contributed by atoms with Crippen LogP contribution in [0, 0.1) is 0 Å². The van der Waals surface area contributed by atoms with Gasteiger partial charge in [-0.1, -0.05) is 0 Å². The number of carbonyl (C=O) groups is 4. The molecule has 0 aromatic rings. The van der Waals surface area contributed by atoms with Crippen molar-refractivity contribution < 1.29 is 24.3 Å². The number of hydrogen-bond acceptors (Lipinski definition) is 7. The van der Waals surface area contributed by atoms with Crippen LogP contribution >= 0.6 is 0 Å². The second kappa shape index (κ2) is 14.7. The summed E-state index contributed by atoms with van der Waals surface area (Å²) in [6.45, 7) is 3.19. The summed E-state index contributed by atoms with van der Waals surface area (Å²) >= 11 is 0. The van der Waals surface area contributed by atoms with E-state index in [0.29, 0.717) is 51.6 Å². The third-order valence-electron chi connectivity index (χ3n) is 5.27. The van der Waals surface area contributed by atoms with Crippen LogP contribution < -0.4 is 32.7 Å². The van der Waals surface area contributed by atoms with Gasteiger partial charge >= 0.3 is 5.97 Å². The molecule has 1 heterocycles. The molecule has 3 amide bonds. The van der Waals surface area contributed by atoms with Gasteiger partial charge in [-0.15, -0.1) is 0 Å². The number of hydrogen-bond donors (Lipinski definition) is 7. The minimum Gasteiger partial charge on any atom is -0.480 e. The molecule has 11 heteroatoms. The summed E-state index contributed by atoms with van der Waals surface area (Å²) in [6, 6.07) is -3.12. The first-order chi connectivity index (χ1) is 14.8. The molecule has 1 fully saturated rings. The van der Waals surface area contributed by atoms with Gasteiger partial charge in [0.15, 0.2) is 0 Å². The van der Waals surface area contributed by atoms with Crippen LogP contribution in [0.25, 0.3) is 0 Å². The summed E-state index contributed by atoms with van der Waals surface area (Å²) in [5.74, 6) is -2.46. The van der Waals surface area contributed by atoms with Gasteiger partial charge in [-0.2, -0.15) is 0 Å². The van der Waals surface area contributed by atoms with E-state index < -0.39 is 35.9 Å². The van der Waals surface area contributed by atoms with E-state index in [1.54, 1.807) is 6.92 Å². The highest BCUT2D eigenvalue weighted by Crippen LogP contribution is 2.07. The zero-order valence-electron chi connectivity index (χ0n) is 18.3. The number of nitrogens with two attached hydrogens (primary N) is 2. The highest BCUT2D eigenvalue weighted by molar-refractivity contribution is 5.93. The Morgan fingerprint density at radius 2 is 1.52 bits per heavy atom. The van der Waals surface area contributed by atoms with Gasteiger partial charge < -0.3 is 37.8 Å². The lowest BCUT2D eigenvalue weighted by atomic mass is 10.1. The minimum absolute atomic E-state index is 0.253. The number of amides is 3. The molecular formula is C20H38N6O5. The lowest BCUT2D eigenvalue weighted by Crippen LogP contribution is -2.56. The van der Waals surface area contributed by atoms with E-state index >= 15 is 0 Å². The molecule has 9 N–H and O–H groups in total. The summed E-state index contributed by atoms with van der Waals surface area (Å²) in [6.07, 6.45) is 4.66. The average molecular weight is 443 g/mol. The molecule has 4 unspecified atom stereocenters. The second-order valence-corrected chi connectivity index (χ2v) is 7.91. The number of carbonyl (C=O) groups excluding carboxylic acids is 3. The summed E-state index contributed by atoms with van der Waals surface area (Å²) in [7, 11) is 0. The van der Waals surface area contributed by atoms with Gasteiger partial charge in [-0.25, -0.2) is 4.79 Å². The minimum atomic E-state index is -1.14. The van der Waals surface area contributed by atoms with Crippen LogP contribution in [-0.4, -0.2) is 72.6 Å². The molecule has 1 aliphatic heterocycles. The Morgan fingerprint density at radius 1 is 0.935 bits per heavy atom. The number of aliphatic carboxylic acids is 1. The highest BCUT2D eigenvalue weighted by atomic mass is 16.4. The summed E-state index contributed by atoms with van der Waals surface area (Å²) in [5, 5.41) is 20.3. The fourth-order valence-corrected chi connectivity index (χ4v) is 3.37. The van der Waals surface area contributed by atoms with Crippen molar-refractivity contribution in [2.45, 2.75) is 82.5 Å². The van der Waals surface area contributed by atoms with Gasteiger partial charge in [0.1, 0.15) is 18.1 Å². The smallest absolute Gasteiger partial charge is 0.326 e. The summed E-state index contributed by atoms with van der Waals surface area (Å²) in [5.41, 5.74) is 11.0. The molecule has 0 spiro atoms. The number of unbranched alkanes of at least 4 members (excludes halogenated alkanes) is 2. The molecule has 0 aromatic carbocycles. The molecule has 4 atom stereocenters. The molecule has 0 saturated carbocycles. The fourth-order valence-electron chi connectivity index (χ4n) is 3.37. The maximum atomic E-state index is 12.7. The predicted octanol–water partition coefficient (Wildman–Crippen LogP) is -1.44. The Bertz CT molecular complexity index is 597. The van der Waals surface area contributed by atoms with Crippen LogP contribution in [0.5, 0.6) is 0 Å². The number of rotatable bonds is 15. The lowest BCUT2D eigenvalue weighted by Gasteiger charge is -2.24. The van der Waals surface area contributed by atoms with Crippen LogP contribution in [0.2, 0.25) is 0 Å². The lowest BCUT2D eigenvalue weighted by molar-refractivity contribution is -0.142. The number of nitrogens with one attached hydrogen (secondary N) is 4. The Balaban J connectivity index is 2.69. The SMILES string of the molecule is CC(NC(=O)C1CCCN1)C(=O)NC(CCCCN)C(=O)NC(CCCCN)C(=O)O. The summed E-state index contributed by atoms with van der Waals surface area (Å²) in [4.78, 5) is 49.0. The van der Waals surface area contributed by atoms with Crippen LogP contribution in [-0.2, 0) is 19.2 Å².